The van der Waals surface area contributed by atoms with Crippen LogP contribution in [0.5, 0.6) is 0 Å². The Morgan fingerprint density at radius 1 is 1.12 bits per heavy atom. The number of rotatable bonds is 9. The van der Waals surface area contributed by atoms with Crippen molar-refractivity contribution in [2.75, 3.05) is 6.61 Å². The molecule has 0 spiro atoms. The fourth-order valence-corrected chi connectivity index (χ4v) is 6.69. The van der Waals surface area contributed by atoms with Gasteiger partial charge in [0.15, 0.2) is 0 Å². The molecule has 4 aliphatic rings. The number of benzene rings is 1. The first-order valence-electron chi connectivity index (χ1n) is 11.6. The highest BCUT2D eigenvalue weighted by molar-refractivity contribution is 5.89. The second kappa shape index (κ2) is 9.11. The van der Waals surface area contributed by atoms with Gasteiger partial charge in [-0.1, -0.05) is 12.1 Å². The molecule has 178 valence electrons. The van der Waals surface area contributed by atoms with Gasteiger partial charge in [-0.05, 0) is 68.8 Å². The number of nitrogens with one attached hydrogen (secondary N) is 1. The van der Waals surface area contributed by atoms with E-state index < -0.39 is 34.2 Å². The van der Waals surface area contributed by atoms with Crippen LogP contribution >= 0.6 is 0 Å². The number of non-ortho nitro benzene ring substituents is 1. The quantitative estimate of drug-likeness (QED) is 0.329. The lowest BCUT2D eigenvalue weighted by molar-refractivity contribution is -0.384. The molecule has 2 N–H and O–H groups in total. The Morgan fingerprint density at radius 2 is 1.67 bits per heavy atom. The minimum atomic E-state index is -1.35. The number of carboxylic acid groups (broad SMARTS) is 1. The Kier molecular flexibility index (Phi) is 6.41. The first-order valence-corrected chi connectivity index (χ1v) is 11.6. The number of nitro benzene ring substituents is 1. The number of carbonyl (C=O) groups excluding carboxylic acids is 2. The summed E-state index contributed by atoms with van der Waals surface area (Å²) in [7, 11) is 0. The summed E-state index contributed by atoms with van der Waals surface area (Å²) in [5.74, 6) is -1.43. The third-order valence-corrected chi connectivity index (χ3v) is 7.70. The van der Waals surface area contributed by atoms with E-state index >= 15 is 0 Å². The van der Waals surface area contributed by atoms with E-state index in [4.69, 9.17) is 4.74 Å². The fraction of sp³-hybridized carbons (Fsp3) is 0.625. The van der Waals surface area contributed by atoms with Crippen LogP contribution in [0.3, 0.4) is 0 Å². The molecule has 1 aromatic rings. The van der Waals surface area contributed by atoms with Gasteiger partial charge in [-0.3, -0.25) is 19.7 Å². The molecule has 0 radical (unpaired) electrons. The molecule has 0 unspecified atom stereocenters. The molecular weight excluding hydrogens is 428 g/mol. The van der Waals surface area contributed by atoms with Crippen molar-refractivity contribution in [3.63, 3.8) is 0 Å². The summed E-state index contributed by atoms with van der Waals surface area (Å²) < 4.78 is 5.04. The van der Waals surface area contributed by atoms with Crippen LogP contribution in [0.4, 0.5) is 5.69 Å². The lowest BCUT2D eigenvalue weighted by Crippen LogP contribution is -2.57. The number of nitro groups is 1. The van der Waals surface area contributed by atoms with Gasteiger partial charge in [0, 0.05) is 23.5 Å². The van der Waals surface area contributed by atoms with Crippen molar-refractivity contribution in [2.24, 2.45) is 23.2 Å². The van der Waals surface area contributed by atoms with Crippen LogP contribution in [0, 0.1) is 33.3 Å². The van der Waals surface area contributed by atoms with E-state index in [1.165, 1.54) is 24.3 Å². The monoisotopic (exact) mass is 458 g/mol. The maximum atomic E-state index is 13.5. The number of amides is 1. The van der Waals surface area contributed by atoms with E-state index in [-0.39, 0.29) is 24.6 Å². The van der Waals surface area contributed by atoms with Crippen LogP contribution in [0.1, 0.15) is 63.4 Å². The average molecular weight is 459 g/mol. The summed E-state index contributed by atoms with van der Waals surface area (Å²) in [6.45, 7) is 1.80. The maximum absolute atomic E-state index is 13.5. The summed E-state index contributed by atoms with van der Waals surface area (Å²) in [5.41, 5.74) is -0.253. The first-order chi connectivity index (χ1) is 15.7. The topological polar surface area (TPSA) is 136 Å². The molecule has 4 saturated carbocycles. The highest BCUT2D eigenvalue weighted by atomic mass is 16.6. The molecule has 1 amide bonds. The highest BCUT2D eigenvalue weighted by Crippen LogP contribution is 2.60. The molecule has 9 nitrogen and oxygen atoms in total. The molecule has 5 rings (SSSR count). The van der Waals surface area contributed by atoms with Crippen molar-refractivity contribution >= 4 is 23.5 Å². The van der Waals surface area contributed by atoms with E-state index in [1.807, 2.05) is 0 Å². The van der Waals surface area contributed by atoms with Crippen molar-refractivity contribution in [1.29, 1.82) is 0 Å². The van der Waals surface area contributed by atoms with Crippen LogP contribution in [-0.2, 0) is 19.1 Å². The third kappa shape index (κ3) is 4.72. The van der Waals surface area contributed by atoms with E-state index in [1.54, 1.807) is 6.92 Å². The smallest absolute Gasteiger partial charge is 0.326 e. The number of aliphatic carboxylic acids is 1. The van der Waals surface area contributed by atoms with E-state index in [2.05, 4.69) is 5.32 Å². The summed E-state index contributed by atoms with van der Waals surface area (Å²) >= 11 is 0. The molecule has 0 saturated heterocycles. The Morgan fingerprint density at radius 3 is 2.12 bits per heavy atom. The Hall–Kier alpha value is -2.97. The lowest BCUT2D eigenvalue weighted by Gasteiger charge is -2.55. The Balaban J connectivity index is 1.60. The normalized spacial score (nSPS) is 29.2. The van der Waals surface area contributed by atoms with Crippen molar-refractivity contribution in [3.8, 4) is 0 Å². The molecule has 0 aliphatic heterocycles. The zero-order valence-corrected chi connectivity index (χ0v) is 18.7. The zero-order valence-electron chi connectivity index (χ0n) is 18.7. The highest BCUT2D eigenvalue weighted by Gasteiger charge is 2.55. The van der Waals surface area contributed by atoms with E-state index in [0.717, 1.165) is 38.5 Å². The second-order valence-corrected chi connectivity index (χ2v) is 9.95. The molecule has 9 heteroatoms. The summed E-state index contributed by atoms with van der Waals surface area (Å²) in [6, 6.07) is 4.07. The van der Waals surface area contributed by atoms with Gasteiger partial charge >= 0.3 is 11.9 Å². The molecule has 2 atom stereocenters. The number of esters is 1. The van der Waals surface area contributed by atoms with Gasteiger partial charge in [0.2, 0.25) is 5.91 Å². The molecule has 1 aromatic carbocycles. The molecule has 0 aromatic heterocycles. The minimum absolute atomic E-state index is 0.141. The Bertz CT molecular complexity index is 907. The largest absolute Gasteiger partial charge is 0.480 e. The lowest BCUT2D eigenvalue weighted by atomic mass is 9.49. The number of carboxylic acids is 1. The first kappa shape index (κ1) is 23.2. The van der Waals surface area contributed by atoms with E-state index in [9.17, 15) is 29.6 Å². The van der Waals surface area contributed by atoms with Crippen molar-refractivity contribution in [1.82, 2.24) is 5.32 Å². The van der Waals surface area contributed by atoms with Gasteiger partial charge in [-0.15, -0.1) is 0 Å². The van der Waals surface area contributed by atoms with Gasteiger partial charge in [0.05, 0.1) is 18.0 Å². The standard InChI is InChI=1S/C24H30N2O7/c1-2-33-20(27)10-19(17-3-5-18(6-4-17)26(31)32)21(22(28)29)25-23(30)24-11-14-7-15(12-24)9-16(8-14)13-24/h3-6,14-16,19,21H,2,7-13H2,1H3,(H,25,30)(H,28,29)/t14?,15?,16?,19-,21-,24?/m0/s1. The molecule has 4 aliphatic carbocycles. The van der Waals surface area contributed by atoms with Crippen molar-refractivity contribution in [3.05, 3.63) is 39.9 Å². The molecule has 33 heavy (non-hydrogen) atoms. The predicted octanol–water partition coefficient (Wildman–Crippen LogP) is 3.42. The van der Waals surface area contributed by atoms with Crippen LogP contribution in [0.25, 0.3) is 0 Å². The predicted molar refractivity (Wildman–Crippen MR) is 117 cm³/mol. The number of hydrogen-bond donors (Lipinski definition) is 2. The zero-order chi connectivity index (χ0) is 23.8. The van der Waals surface area contributed by atoms with Crippen LogP contribution in [0.15, 0.2) is 24.3 Å². The van der Waals surface area contributed by atoms with Gasteiger partial charge in [0.25, 0.3) is 5.69 Å². The number of carbonyl (C=O) groups is 3. The maximum Gasteiger partial charge on any atom is 0.326 e. The fourth-order valence-electron chi connectivity index (χ4n) is 6.69. The Labute approximate surface area is 192 Å². The molecule has 0 heterocycles. The third-order valence-electron chi connectivity index (χ3n) is 7.70. The molecule has 4 fully saturated rings. The van der Waals surface area contributed by atoms with Crippen LogP contribution in [-0.4, -0.2) is 40.5 Å². The molecular formula is C24H30N2O7. The molecule has 4 bridgehead atoms. The van der Waals surface area contributed by atoms with Crippen molar-refractivity contribution in [2.45, 2.75) is 63.8 Å². The van der Waals surface area contributed by atoms with Crippen molar-refractivity contribution < 1.29 is 29.2 Å². The average Bonchev–Trinajstić information content (AvgIpc) is 2.75. The van der Waals surface area contributed by atoms with Crippen LogP contribution in [0.2, 0.25) is 0 Å². The minimum Gasteiger partial charge on any atom is -0.480 e. The summed E-state index contributed by atoms with van der Waals surface area (Å²) in [5, 5.41) is 23.8. The van der Waals surface area contributed by atoms with Gasteiger partial charge in [-0.25, -0.2) is 4.79 Å². The van der Waals surface area contributed by atoms with Gasteiger partial charge < -0.3 is 15.2 Å². The van der Waals surface area contributed by atoms with E-state index in [0.29, 0.717) is 23.3 Å². The summed E-state index contributed by atoms with van der Waals surface area (Å²) in [6.07, 6.45) is 5.57. The van der Waals surface area contributed by atoms with Gasteiger partial charge in [0.1, 0.15) is 6.04 Å². The van der Waals surface area contributed by atoms with Gasteiger partial charge in [-0.2, -0.15) is 0 Å². The summed E-state index contributed by atoms with van der Waals surface area (Å²) in [4.78, 5) is 48.6. The van der Waals surface area contributed by atoms with Crippen LogP contribution < -0.4 is 5.32 Å². The second-order valence-electron chi connectivity index (χ2n) is 9.95. The SMILES string of the molecule is CCOC(=O)C[C@@H](c1ccc([N+](=O)[O-])cc1)[C@H](NC(=O)C12CC3CC(CC(C3)C1)C2)C(=O)O. The number of nitrogens with zero attached hydrogens (tertiary/aromatic N) is 1. The number of ether oxygens (including phenoxy) is 1. The number of hydrogen-bond acceptors (Lipinski definition) is 6.